The van der Waals surface area contributed by atoms with Crippen LogP contribution < -0.4 is 10.2 Å². The number of rotatable bonds is 5. The average molecular weight is 341 g/mol. The van der Waals surface area contributed by atoms with Gasteiger partial charge in [-0.1, -0.05) is 6.92 Å². The number of hydrogen-bond acceptors (Lipinski definition) is 6. The van der Waals surface area contributed by atoms with E-state index in [0.717, 1.165) is 38.4 Å². The number of nitrogens with one attached hydrogen (secondary N) is 1. The second-order valence-corrected chi connectivity index (χ2v) is 6.21. The summed E-state index contributed by atoms with van der Waals surface area (Å²) >= 11 is 0. The molecular formula is C18H23N5O2. The number of aromatic nitrogens is 1. The van der Waals surface area contributed by atoms with Crippen LogP contribution in [0.2, 0.25) is 0 Å². The highest BCUT2D eigenvalue weighted by Crippen LogP contribution is 2.24. The predicted molar refractivity (Wildman–Crippen MR) is 99.7 cm³/mol. The average Bonchev–Trinajstić information content (AvgIpc) is 2.62. The fraction of sp³-hybridized carbons (Fsp3) is 0.389. The van der Waals surface area contributed by atoms with Crippen LogP contribution in [-0.4, -0.2) is 47.5 Å². The number of nitrogens with zero attached hydrogens (tertiary/aromatic N) is 4. The fourth-order valence-electron chi connectivity index (χ4n) is 3.03. The van der Waals surface area contributed by atoms with Gasteiger partial charge in [0.1, 0.15) is 12.0 Å². The summed E-state index contributed by atoms with van der Waals surface area (Å²) < 4.78 is 0. The van der Waals surface area contributed by atoms with E-state index < -0.39 is 4.92 Å². The molecule has 1 aliphatic heterocycles. The van der Waals surface area contributed by atoms with Gasteiger partial charge >= 0.3 is 0 Å². The minimum atomic E-state index is -0.417. The van der Waals surface area contributed by atoms with Crippen LogP contribution in [0, 0.1) is 17.0 Å². The number of anilines is 3. The molecule has 0 amide bonds. The molecule has 0 saturated carbocycles. The van der Waals surface area contributed by atoms with E-state index >= 15 is 0 Å². The Morgan fingerprint density at radius 2 is 1.88 bits per heavy atom. The summed E-state index contributed by atoms with van der Waals surface area (Å²) in [5.74, 6) is 0.604. The van der Waals surface area contributed by atoms with E-state index in [2.05, 4.69) is 39.2 Å². The number of nitro groups is 1. The maximum absolute atomic E-state index is 10.9. The van der Waals surface area contributed by atoms with Crippen LogP contribution >= 0.6 is 0 Å². The van der Waals surface area contributed by atoms with Crippen molar-refractivity contribution in [2.45, 2.75) is 13.8 Å². The molecule has 0 aliphatic carbocycles. The van der Waals surface area contributed by atoms with Gasteiger partial charge in [0.15, 0.2) is 0 Å². The molecule has 7 nitrogen and oxygen atoms in total. The van der Waals surface area contributed by atoms with Gasteiger partial charge in [0, 0.05) is 43.1 Å². The zero-order valence-corrected chi connectivity index (χ0v) is 14.6. The smallest absolute Gasteiger partial charge is 0.290 e. The maximum atomic E-state index is 10.9. The maximum Gasteiger partial charge on any atom is 0.290 e. The third kappa shape index (κ3) is 4.06. The number of benzene rings is 1. The zero-order valence-electron chi connectivity index (χ0n) is 14.6. The lowest BCUT2D eigenvalue weighted by molar-refractivity contribution is -0.385. The first-order valence-corrected chi connectivity index (χ1v) is 8.52. The monoisotopic (exact) mass is 341 g/mol. The molecule has 0 spiro atoms. The van der Waals surface area contributed by atoms with Crippen molar-refractivity contribution in [2.75, 3.05) is 42.9 Å². The van der Waals surface area contributed by atoms with E-state index in [1.807, 2.05) is 12.1 Å². The molecule has 2 aromatic rings. The molecule has 25 heavy (non-hydrogen) atoms. The summed E-state index contributed by atoms with van der Waals surface area (Å²) in [5.41, 5.74) is 2.76. The number of aryl methyl sites for hydroxylation is 1. The van der Waals surface area contributed by atoms with E-state index in [9.17, 15) is 10.1 Å². The minimum absolute atomic E-state index is 0.0344. The van der Waals surface area contributed by atoms with Gasteiger partial charge < -0.3 is 15.1 Å². The third-order valence-electron chi connectivity index (χ3n) is 4.60. The molecule has 1 aromatic heterocycles. The normalized spacial score (nSPS) is 15.2. The highest BCUT2D eigenvalue weighted by atomic mass is 16.6. The minimum Gasteiger partial charge on any atom is -0.369 e. The van der Waals surface area contributed by atoms with Crippen LogP contribution in [0.5, 0.6) is 0 Å². The standard InChI is InChI=1S/C18H23N5O2/c1-3-21-8-10-22(11-9-21)16-6-4-15(5-7-16)20-18-12-14(2)17(13-19-18)23(24)25/h4-7,12-13H,3,8-11H2,1-2H3,(H,19,20). The lowest BCUT2D eigenvalue weighted by Gasteiger charge is -2.35. The molecule has 2 heterocycles. The van der Waals surface area contributed by atoms with Gasteiger partial charge in [0.25, 0.3) is 5.69 Å². The summed E-state index contributed by atoms with van der Waals surface area (Å²) in [7, 11) is 0. The van der Waals surface area contributed by atoms with Crippen LogP contribution in [0.1, 0.15) is 12.5 Å². The van der Waals surface area contributed by atoms with Crippen molar-refractivity contribution in [3.05, 3.63) is 52.2 Å². The Bertz CT molecular complexity index is 740. The summed E-state index contributed by atoms with van der Waals surface area (Å²) in [4.78, 5) is 19.4. The van der Waals surface area contributed by atoms with Crippen molar-refractivity contribution in [1.82, 2.24) is 9.88 Å². The Morgan fingerprint density at radius 3 is 2.44 bits per heavy atom. The van der Waals surface area contributed by atoms with Crippen molar-refractivity contribution in [3.63, 3.8) is 0 Å². The highest BCUT2D eigenvalue weighted by molar-refractivity contribution is 5.62. The molecular weight excluding hydrogens is 318 g/mol. The molecule has 7 heteroatoms. The first kappa shape index (κ1) is 17.2. The van der Waals surface area contributed by atoms with Crippen molar-refractivity contribution < 1.29 is 4.92 Å². The first-order valence-electron chi connectivity index (χ1n) is 8.52. The SMILES string of the molecule is CCN1CCN(c2ccc(Nc3cc(C)c([N+](=O)[O-])cn3)cc2)CC1. The molecule has 0 unspecified atom stereocenters. The summed E-state index contributed by atoms with van der Waals surface area (Å²) in [6.45, 7) is 9.31. The second-order valence-electron chi connectivity index (χ2n) is 6.21. The molecule has 1 fully saturated rings. The molecule has 0 atom stereocenters. The van der Waals surface area contributed by atoms with Gasteiger partial charge in [-0.25, -0.2) is 4.98 Å². The van der Waals surface area contributed by atoms with Crippen molar-refractivity contribution in [1.29, 1.82) is 0 Å². The third-order valence-corrected chi connectivity index (χ3v) is 4.60. The van der Waals surface area contributed by atoms with E-state index in [0.29, 0.717) is 11.4 Å². The molecule has 1 saturated heterocycles. The van der Waals surface area contributed by atoms with Crippen LogP contribution in [0.15, 0.2) is 36.5 Å². The van der Waals surface area contributed by atoms with Crippen molar-refractivity contribution >= 4 is 22.9 Å². The quantitative estimate of drug-likeness (QED) is 0.665. The van der Waals surface area contributed by atoms with Gasteiger partial charge in [0.2, 0.25) is 0 Å². The Morgan fingerprint density at radius 1 is 1.20 bits per heavy atom. The first-order chi connectivity index (χ1) is 12.1. The van der Waals surface area contributed by atoms with Crippen LogP contribution in [0.25, 0.3) is 0 Å². The highest BCUT2D eigenvalue weighted by Gasteiger charge is 2.16. The fourth-order valence-corrected chi connectivity index (χ4v) is 3.03. The molecule has 3 rings (SSSR count). The Balaban J connectivity index is 1.65. The molecule has 1 aliphatic rings. The van der Waals surface area contributed by atoms with Crippen molar-refractivity contribution in [2.24, 2.45) is 0 Å². The van der Waals surface area contributed by atoms with Crippen LogP contribution in [0.4, 0.5) is 22.9 Å². The largest absolute Gasteiger partial charge is 0.369 e. The van der Waals surface area contributed by atoms with Gasteiger partial charge in [0.05, 0.1) is 4.92 Å². The van der Waals surface area contributed by atoms with E-state index in [4.69, 9.17) is 0 Å². The number of hydrogen-bond donors (Lipinski definition) is 1. The lowest BCUT2D eigenvalue weighted by Crippen LogP contribution is -2.46. The number of pyridine rings is 1. The Hall–Kier alpha value is -2.67. The van der Waals surface area contributed by atoms with E-state index in [1.165, 1.54) is 11.9 Å². The summed E-state index contributed by atoms with van der Waals surface area (Å²) in [6.07, 6.45) is 1.29. The molecule has 0 bridgehead atoms. The van der Waals surface area contributed by atoms with Crippen LogP contribution in [-0.2, 0) is 0 Å². The molecule has 0 radical (unpaired) electrons. The van der Waals surface area contributed by atoms with Crippen molar-refractivity contribution in [3.8, 4) is 0 Å². The van der Waals surface area contributed by atoms with Crippen LogP contribution in [0.3, 0.4) is 0 Å². The zero-order chi connectivity index (χ0) is 17.8. The lowest BCUT2D eigenvalue weighted by atomic mass is 10.2. The predicted octanol–water partition coefficient (Wildman–Crippen LogP) is 3.18. The molecule has 1 aromatic carbocycles. The Kier molecular flexibility index (Phi) is 5.14. The Labute approximate surface area is 147 Å². The van der Waals surface area contributed by atoms with Gasteiger partial charge in [-0.05, 0) is 43.8 Å². The number of piperazine rings is 1. The topological polar surface area (TPSA) is 74.5 Å². The summed E-state index contributed by atoms with van der Waals surface area (Å²) in [5, 5.41) is 14.1. The molecule has 132 valence electrons. The van der Waals surface area contributed by atoms with E-state index in [1.54, 1.807) is 13.0 Å². The van der Waals surface area contributed by atoms with E-state index in [-0.39, 0.29) is 5.69 Å². The van der Waals surface area contributed by atoms with Gasteiger partial charge in [-0.3, -0.25) is 10.1 Å². The van der Waals surface area contributed by atoms with Gasteiger partial charge in [-0.15, -0.1) is 0 Å². The molecule has 1 N–H and O–H groups in total. The van der Waals surface area contributed by atoms with Gasteiger partial charge in [-0.2, -0.15) is 0 Å². The second kappa shape index (κ2) is 7.48. The number of likely N-dealkylation sites (N-methyl/N-ethyl adjacent to an activating group) is 1. The summed E-state index contributed by atoms with van der Waals surface area (Å²) in [6, 6.07) is 9.92.